The van der Waals surface area contributed by atoms with Crippen molar-refractivity contribution in [3.63, 3.8) is 0 Å². The molecule has 0 spiro atoms. The number of nitrogens with two attached hydrogens (primary N) is 1. The van der Waals surface area contributed by atoms with E-state index in [1.165, 1.54) is 6.42 Å². The lowest BCUT2D eigenvalue weighted by atomic mass is 10.2. The van der Waals surface area contributed by atoms with Gasteiger partial charge in [0.25, 0.3) is 0 Å². The second-order valence-electron chi connectivity index (χ2n) is 3.90. The van der Waals surface area contributed by atoms with Crippen molar-refractivity contribution in [3.8, 4) is 0 Å². The minimum absolute atomic E-state index is 0.312. The van der Waals surface area contributed by atoms with Crippen LogP contribution in [-0.4, -0.2) is 11.7 Å². The van der Waals surface area contributed by atoms with Crippen molar-refractivity contribution in [3.05, 3.63) is 30.3 Å². The van der Waals surface area contributed by atoms with Crippen molar-refractivity contribution in [2.24, 2.45) is 15.8 Å². The van der Waals surface area contributed by atoms with E-state index < -0.39 is 0 Å². The van der Waals surface area contributed by atoms with Gasteiger partial charge in [0.2, 0.25) is 5.96 Å². The number of nitrogens with zero attached hydrogens (tertiary/aromatic N) is 2. The molecule has 0 heterocycles. The van der Waals surface area contributed by atoms with Crippen LogP contribution >= 0.6 is 0 Å². The molecule has 1 aromatic rings. The zero-order valence-corrected chi connectivity index (χ0v) is 10.5. The fourth-order valence-electron chi connectivity index (χ4n) is 1.31. The molecule has 0 saturated carbocycles. The number of hydrazone groups is 1. The van der Waals surface area contributed by atoms with Crippen LogP contribution in [0.5, 0.6) is 0 Å². The smallest absolute Gasteiger partial charge is 0.214 e. The van der Waals surface area contributed by atoms with Gasteiger partial charge in [-0.25, -0.2) is 10.4 Å². The van der Waals surface area contributed by atoms with Crippen molar-refractivity contribution in [2.45, 2.75) is 33.1 Å². The molecule has 0 radical (unpaired) electrons. The minimum atomic E-state index is 0.312. The Labute approximate surface area is 103 Å². The van der Waals surface area contributed by atoms with Gasteiger partial charge in [-0.1, -0.05) is 31.5 Å². The fraction of sp³-hybridized carbons (Fsp3) is 0.385. The summed E-state index contributed by atoms with van der Waals surface area (Å²) in [6.45, 7) is 4.14. The molecule has 17 heavy (non-hydrogen) atoms. The van der Waals surface area contributed by atoms with Crippen molar-refractivity contribution in [1.29, 1.82) is 0 Å². The van der Waals surface area contributed by atoms with Crippen LogP contribution < -0.4 is 11.2 Å². The number of hydrogen-bond acceptors (Lipinski definition) is 2. The van der Waals surface area contributed by atoms with Gasteiger partial charge in [0.05, 0.1) is 5.69 Å². The molecular formula is C13H20N4. The summed E-state index contributed by atoms with van der Waals surface area (Å²) >= 11 is 0. The van der Waals surface area contributed by atoms with E-state index >= 15 is 0 Å². The van der Waals surface area contributed by atoms with Crippen LogP contribution in [0.25, 0.3) is 0 Å². The number of guanidine groups is 1. The molecule has 0 aliphatic rings. The Morgan fingerprint density at radius 1 is 1.29 bits per heavy atom. The zero-order valence-electron chi connectivity index (χ0n) is 10.5. The number of hydrogen-bond donors (Lipinski definition) is 2. The molecule has 0 saturated heterocycles. The number of aliphatic imine (C=N–C) groups is 1. The van der Waals surface area contributed by atoms with Crippen molar-refractivity contribution in [1.82, 2.24) is 5.43 Å². The van der Waals surface area contributed by atoms with Gasteiger partial charge in [-0.2, -0.15) is 5.10 Å². The normalized spacial score (nSPS) is 12.6. The highest BCUT2D eigenvalue weighted by Crippen LogP contribution is 2.08. The molecule has 3 N–H and O–H groups in total. The Hall–Kier alpha value is -1.84. The van der Waals surface area contributed by atoms with Crippen LogP contribution in [0.2, 0.25) is 0 Å². The quantitative estimate of drug-likeness (QED) is 0.466. The van der Waals surface area contributed by atoms with E-state index in [0.29, 0.717) is 5.96 Å². The molecule has 0 amide bonds. The predicted octanol–water partition coefficient (Wildman–Crippen LogP) is 2.79. The molecule has 1 rings (SSSR count). The molecule has 0 unspecified atom stereocenters. The lowest BCUT2D eigenvalue weighted by Crippen LogP contribution is -2.27. The maximum absolute atomic E-state index is 5.71. The highest BCUT2D eigenvalue weighted by Gasteiger charge is 1.93. The summed E-state index contributed by atoms with van der Waals surface area (Å²) in [6, 6.07) is 9.56. The third-order valence-electron chi connectivity index (χ3n) is 2.26. The van der Waals surface area contributed by atoms with Crippen molar-refractivity contribution < 1.29 is 0 Å². The summed E-state index contributed by atoms with van der Waals surface area (Å²) < 4.78 is 0. The first kappa shape index (κ1) is 13.2. The largest absolute Gasteiger partial charge is 0.368 e. The Morgan fingerprint density at radius 3 is 2.65 bits per heavy atom. The van der Waals surface area contributed by atoms with Gasteiger partial charge in [-0.15, -0.1) is 0 Å². The van der Waals surface area contributed by atoms with Gasteiger partial charge >= 0.3 is 0 Å². The van der Waals surface area contributed by atoms with Crippen LogP contribution in [0.15, 0.2) is 40.4 Å². The maximum atomic E-state index is 5.71. The van der Waals surface area contributed by atoms with Crippen LogP contribution in [0.3, 0.4) is 0 Å². The van der Waals surface area contributed by atoms with Crippen molar-refractivity contribution in [2.75, 3.05) is 0 Å². The highest BCUT2D eigenvalue weighted by atomic mass is 15.4. The van der Waals surface area contributed by atoms with E-state index in [2.05, 4.69) is 22.4 Å². The van der Waals surface area contributed by atoms with Gasteiger partial charge in [0.1, 0.15) is 0 Å². The zero-order chi connectivity index (χ0) is 12.5. The molecular weight excluding hydrogens is 212 g/mol. The van der Waals surface area contributed by atoms with E-state index in [1.54, 1.807) is 0 Å². The number of unbranched alkanes of at least 4 members (excludes halogenated alkanes) is 1. The maximum Gasteiger partial charge on any atom is 0.214 e. The van der Waals surface area contributed by atoms with Gasteiger partial charge in [0, 0.05) is 5.71 Å². The molecule has 92 valence electrons. The van der Waals surface area contributed by atoms with Crippen LogP contribution in [-0.2, 0) is 0 Å². The Kier molecular flexibility index (Phi) is 5.79. The Morgan fingerprint density at radius 2 is 2.00 bits per heavy atom. The fourth-order valence-corrected chi connectivity index (χ4v) is 1.31. The molecule has 1 aromatic carbocycles. The Bertz CT molecular complexity index is 382. The summed E-state index contributed by atoms with van der Waals surface area (Å²) in [5.41, 5.74) is 10.3. The van der Waals surface area contributed by atoms with E-state index in [1.807, 2.05) is 37.3 Å². The summed E-state index contributed by atoms with van der Waals surface area (Å²) in [7, 11) is 0. The second kappa shape index (κ2) is 7.44. The summed E-state index contributed by atoms with van der Waals surface area (Å²) in [5, 5.41) is 4.17. The molecule has 4 heteroatoms. The van der Waals surface area contributed by atoms with Gasteiger partial charge in [-0.05, 0) is 31.9 Å². The molecule has 4 nitrogen and oxygen atoms in total. The summed E-state index contributed by atoms with van der Waals surface area (Å²) in [5.74, 6) is 0.312. The monoisotopic (exact) mass is 232 g/mol. The topological polar surface area (TPSA) is 62.8 Å². The SMILES string of the molecule is CCCC/C(C)=N/NC(N)=Nc1ccccc1. The summed E-state index contributed by atoms with van der Waals surface area (Å²) in [6.07, 6.45) is 3.30. The van der Waals surface area contributed by atoms with Crippen LogP contribution in [0.4, 0.5) is 5.69 Å². The molecule has 0 atom stereocenters. The van der Waals surface area contributed by atoms with Gasteiger partial charge in [0.15, 0.2) is 0 Å². The predicted molar refractivity (Wildman–Crippen MR) is 73.5 cm³/mol. The molecule has 0 bridgehead atoms. The molecule has 0 aliphatic heterocycles. The number of rotatable bonds is 5. The lowest BCUT2D eigenvalue weighted by Gasteiger charge is -2.02. The average Bonchev–Trinajstić information content (AvgIpc) is 2.35. The van der Waals surface area contributed by atoms with Crippen LogP contribution in [0.1, 0.15) is 33.1 Å². The van der Waals surface area contributed by atoms with E-state index in [9.17, 15) is 0 Å². The average molecular weight is 232 g/mol. The third kappa shape index (κ3) is 5.70. The standard InChI is InChI=1S/C13H20N4/c1-3-4-8-11(2)16-17-13(14)15-12-9-6-5-7-10-12/h5-7,9-10H,3-4,8H2,1-2H3,(H3,14,15,17)/b16-11+. The van der Waals surface area contributed by atoms with Crippen molar-refractivity contribution >= 4 is 17.4 Å². The molecule has 0 aromatic heterocycles. The van der Waals surface area contributed by atoms with E-state index in [-0.39, 0.29) is 0 Å². The molecule has 0 aliphatic carbocycles. The first-order valence-corrected chi connectivity index (χ1v) is 5.90. The highest BCUT2D eigenvalue weighted by molar-refractivity contribution is 5.85. The molecule has 0 fully saturated rings. The number of para-hydroxylation sites is 1. The van der Waals surface area contributed by atoms with E-state index in [4.69, 9.17) is 5.73 Å². The minimum Gasteiger partial charge on any atom is -0.368 e. The third-order valence-corrected chi connectivity index (χ3v) is 2.26. The van der Waals surface area contributed by atoms with Gasteiger partial charge < -0.3 is 5.73 Å². The van der Waals surface area contributed by atoms with E-state index in [0.717, 1.165) is 24.2 Å². The number of nitrogens with one attached hydrogen (secondary N) is 1. The lowest BCUT2D eigenvalue weighted by molar-refractivity contribution is 0.824. The van der Waals surface area contributed by atoms with Crippen LogP contribution in [0, 0.1) is 0 Å². The first-order chi connectivity index (χ1) is 8.22. The summed E-state index contributed by atoms with van der Waals surface area (Å²) in [4.78, 5) is 4.19. The first-order valence-electron chi connectivity index (χ1n) is 5.90. The number of benzene rings is 1. The second-order valence-corrected chi connectivity index (χ2v) is 3.90. The van der Waals surface area contributed by atoms with Gasteiger partial charge in [-0.3, -0.25) is 0 Å². The Balaban J connectivity index is 2.49.